The van der Waals surface area contributed by atoms with E-state index < -0.39 is 11.9 Å². The first-order chi connectivity index (χ1) is 6.07. The molecule has 2 atom stereocenters. The summed E-state index contributed by atoms with van der Waals surface area (Å²) in [6.45, 7) is 4.58. The van der Waals surface area contributed by atoms with Gasteiger partial charge in [-0.05, 0) is 5.92 Å². The second kappa shape index (κ2) is 3.77. The van der Waals surface area contributed by atoms with Crippen molar-refractivity contribution in [3.05, 3.63) is 0 Å². The Labute approximate surface area is 77.6 Å². The van der Waals surface area contributed by atoms with Crippen LogP contribution in [0.1, 0.15) is 13.8 Å². The van der Waals surface area contributed by atoms with Crippen LogP contribution in [0.2, 0.25) is 0 Å². The first-order valence-corrected chi connectivity index (χ1v) is 4.43. The van der Waals surface area contributed by atoms with Crippen molar-refractivity contribution in [2.75, 3.05) is 13.7 Å². The van der Waals surface area contributed by atoms with Crippen LogP contribution in [-0.4, -0.2) is 25.5 Å². The molecule has 1 heterocycles. The third-order valence-electron chi connectivity index (χ3n) is 2.53. The van der Waals surface area contributed by atoms with Crippen molar-refractivity contribution in [3.63, 3.8) is 0 Å². The van der Waals surface area contributed by atoms with Crippen molar-refractivity contribution >= 4 is 11.9 Å². The van der Waals surface area contributed by atoms with E-state index in [1.54, 1.807) is 0 Å². The highest BCUT2D eigenvalue weighted by atomic mass is 16.5. The van der Waals surface area contributed by atoms with Crippen LogP contribution in [0.25, 0.3) is 0 Å². The standard InChI is InChI=1S/C9H15NO3/c1-5(2)6-4-10-8(11)7(6)9(12)13-3/h5-7H,4H2,1-3H3,(H,10,11)/t6-,7-/m0/s1. The molecule has 0 aliphatic carbocycles. The predicted octanol–water partition coefficient (Wildman–Crippen LogP) is 0.178. The molecule has 4 nitrogen and oxygen atoms in total. The van der Waals surface area contributed by atoms with Gasteiger partial charge in [-0.25, -0.2) is 0 Å². The highest BCUT2D eigenvalue weighted by molar-refractivity contribution is 5.99. The number of carbonyl (C=O) groups is 2. The summed E-state index contributed by atoms with van der Waals surface area (Å²) in [6.07, 6.45) is 0. The molecule has 1 saturated heterocycles. The number of methoxy groups -OCH3 is 1. The number of ether oxygens (including phenoxy) is 1. The summed E-state index contributed by atoms with van der Waals surface area (Å²) in [5.41, 5.74) is 0. The molecular formula is C9H15NO3. The van der Waals surface area contributed by atoms with Crippen molar-refractivity contribution < 1.29 is 14.3 Å². The van der Waals surface area contributed by atoms with Crippen LogP contribution in [-0.2, 0) is 14.3 Å². The Morgan fingerprint density at radius 1 is 1.62 bits per heavy atom. The zero-order valence-electron chi connectivity index (χ0n) is 8.16. The summed E-state index contributed by atoms with van der Waals surface area (Å²) in [4.78, 5) is 22.5. The van der Waals surface area contributed by atoms with Gasteiger partial charge in [0.15, 0.2) is 0 Å². The van der Waals surface area contributed by atoms with E-state index >= 15 is 0 Å². The number of amides is 1. The van der Waals surface area contributed by atoms with Gasteiger partial charge in [0, 0.05) is 12.5 Å². The van der Waals surface area contributed by atoms with Crippen LogP contribution in [0.15, 0.2) is 0 Å². The Kier molecular flexibility index (Phi) is 2.90. The van der Waals surface area contributed by atoms with Crippen molar-refractivity contribution in [2.24, 2.45) is 17.8 Å². The van der Waals surface area contributed by atoms with E-state index in [0.29, 0.717) is 12.5 Å². The Balaban J connectivity index is 2.77. The Hall–Kier alpha value is -1.06. The molecule has 0 saturated carbocycles. The van der Waals surface area contributed by atoms with Crippen LogP contribution in [0.3, 0.4) is 0 Å². The van der Waals surface area contributed by atoms with E-state index in [4.69, 9.17) is 0 Å². The summed E-state index contributed by atoms with van der Waals surface area (Å²) in [5, 5.41) is 2.68. The maximum Gasteiger partial charge on any atom is 0.318 e. The summed E-state index contributed by atoms with van der Waals surface area (Å²) in [7, 11) is 1.31. The molecule has 0 bridgehead atoms. The normalized spacial score (nSPS) is 27.5. The van der Waals surface area contributed by atoms with Gasteiger partial charge in [-0.2, -0.15) is 0 Å². The van der Waals surface area contributed by atoms with Gasteiger partial charge >= 0.3 is 5.97 Å². The van der Waals surface area contributed by atoms with E-state index in [2.05, 4.69) is 10.1 Å². The molecule has 1 N–H and O–H groups in total. The van der Waals surface area contributed by atoms with Gasteiger partial charge in [-0.15, -0.1) is 0 Å². The number of esters is 1. The third kappa shape index (κ3) is 1.82. The molecule has 13 heavy (non-hydrogen) atoms. The second-order valence-corrected chi connectivity index (χ2v) is 3.65. The largest absolute Gasteiger partial charge is 0.468 e. The van der Waals surface area contributed by atoms with Gasteiger partial charge in [0.05, 0.1) is 7.11 Å². The molecule has 0 spiro atoms. The Bertz CT molecular complexity index is 225. The van der Waals surface area contributed by atoms with Crippen molar-refractivity contribution in [3.8, 4) is 0 Å². The fraction of sp³-hybridized carbons (Fsp3) is 0.778. The molecule has 0 aromatic carbocycles. The monoisotopic (exact) mass is 185 g/mol. The Morgan fingerprint density at radius 3 is 2.69 bits per heavy atom. The number of hydrogen-bond donors (Lipinski definition) is 1. The fourth-order valence-electron chi connectivity index (χ4n) is 1.67. The Morgan fingerprint density at radius 2 is 2.23 bits per heavy atom. The smallest absolute Gasteiger partial charge is 0.318 e. The summed E-state index contributed by atoms with van der Waals surface area (Å²) < 4.78 is 4.59. The van der Waals surface area contributed by atoms with E-state index in [1.165, 1.54) is 7.11 Å². The highest BCUT2D eigenvalue weighted by Gasteiger charge is 2.42. The summed E-state index contributed by atoms with van der Waals surface area (Å²) >= 11 is 0. The maximum atomic E-state index is 11.3. The lowest BCUT2D eigenvalue weighted by molar-refractivity contribution is -0.150. The molecule has 0 aromatic rings. The van der Waals surface area contributed by atoms with E-state index in [9.17, 15) is 9.59 Å². The lowest BCUT2D eigenvalue weighted by Crippen LogP contribution is -2.30. The molecule has 1 aliphatic rings. The van der Waals surface area contributed by atoms with Crippen LogP contribution in [0.5, 0.6) is 0 Å². The van der Waals surface area contributed by atoms with Gasteiger partial charge in [0.25, 0.3) is 0 Å². The maximum absolute atomic E-state index is 11.3. The molecule has 1 rings (SSSR count). The summed E-state index contributed by atoms with van der Waals surface area (Å²) in [5.74, 6) is -0.854. The minimum absolute atomic E-state index is 0.0694. The van der Waals surface area contributed by atoms with Crippen LogP contribution < -0.4 is 5.32 Å². The van der Waals surface area contributed by atoms with Gasteiger partial charge < -0.3 is 10.1 Å². The molecule has 74 valence electrons. The minimum Gasteiger partial charge on any atom is -0.468 e. The first-order valence-electron chi connectivity index (χ1n) is 4.43. The lowest BCUT2D eigenvalue weighted by Gasteiger charge is -2.17. The summed E-state index contributed by atoms with van der Waals surface area (Å²) in [6, 6.07) is 0. The minimum atomic E-state index is -0.606. The molecule has 0 unspecified atom stereocenters. The number of hydrogen-bond acceptors (Lipinski definition) is 3. The van der Waals surface area contributed by atoms with Crippen molar-refractivity contribution in [2.45, 2.75) is 13.8 Å². The third-order valence-corrected chi connectivity index (χ3v) is 2.53. The molecule has 1 fully saturated rings. The second-order valence-electron chi connectivity index (χ2n) is 3.65. The van der Waals surface area contributed by atoms with Gasteiger partial charge in [-0.3, -0.25) is 9.59 Å². The number of nitrogens with one attached hydrogen (secondary N) is 1. The molecule has 0 aromatic heterocycles. The highest BCUT2D eigenvalue weighted by Crippen LogP contribution is 2.26. The average molecular weight is 185 g/mol. The lowest BCUT2D eigenvalue weighted by atomic mass is 9.86. The van der Waals surface area contributed by atoms with E-state index in [1.807, 2.05) is 13.8 Å². The number of carbonyl (C=O) groups excluding carboxylic acids is 2. The first kappa shape index (κ1) is 10.0. The predicted molar refractivity (Wildman–Crippen MR) is 46.8 cm³/mol. The van der Waals surface area contributed by atoms with Gasteiger partial charge in [0.1, 0.15) is 5.92 Å². The quantitative estimate of drug-likeness (QED) is 0.493. The zero-order valence-corrected chi connectivity index (χ0v) is 8.16. The molecule has 1 aliphatic heterocycles. The van der Waals surface area contributed by atoms with Crippen LogP contribution >= 0.6 is 0 Å². The van der Waals surface area contributed by atoms with Crippen molar-refractivity contribution in [1.82, 2.24) is 5.32 Å². The molecule has 1 amide bonds. The SMILES string of the molecule is COC(=O)[C@@H]1C(=O)NC[C@H]1C(C)C. The van der Waals surface area contributed by atoms with E-state index in [0.717, 1.165) is 0 Å². The van der Waals surface area contributed by atoms with Crippen LogP contribution in [0.4, 0.5) is 0 Å². The van der Waals surface area contributed by atoms with Crippen LogP contribution in [0, 0.1) is 17.8 Å². The average Bonchev–Trinajstić information content (AvgIpc) is 2.46. The molecule has 4 heteroatoms. The fourth-order valence-corrected chi connectivity index (χ4v) is 1.67. The van der Waals surface area contributed by atoms with Crippen molar-refractivity contribution in [1.29, 1.82) is 0 Å². The van der Waals surface area contributed by atoms with Gasteiger partial charge in [0.2, 0.25) is 5.91 Å². The van der Waals surface area contributed by atoms with E-state index in [-0.39, 0.29) is 11.8 Å². The number of rotatable bonds is 2. The zero-order chi connectivity index (χ0) is 10.0. The van der Waals surface area contributed by atoms with Gasteiger partial charge in [-0.1, -0.05) is 13.8 Å². The topological polar surface area (TPSA) is 55.4 Å². The molecular weight excluding hydrogens is 170 g/mol. The molecule has 0 radical (unpaired) electrons.